The maximum Gasteiger partial charge on any atom is 0.141 e. The van der Waals surface area contributed by atoms with Gasteiger partial charge in [0, 0.05) is 5.56 Å². The summed E-state index contributed by atoms with van der Waals surface area (Å²) in [7, 11) is 0. The molecule has 1 heterocycles. The normalized spacial score (nSPS) is 8.54. The minimum atomic E-state index is -0.490. The highest BCUT2D eigenvalue weighted by Crippen LogP contribution is 2.04. The van der Waals surface area contributed by atoms with Gasteiger partial charge in [0.2, 0.25) is 0 Å². The highest BCUT2D eigenvalue weighted by Gasteiger charge is 2.04. The second-order valence-corrected chi connectivity index (χ2v) is 2.20. The molecule has 0 aliphatic carbocycles. The van der Waals surface area contributed by atoms with Gasteiger partial charge in [-0.2, -0.15) is 10.4 Å². The zero-order chi connectivity index (χ0) is 10.3. The monoisotopic (exact) mass is 183 g/mol. The molecule has 3 nitrogen and oxygen atoms in total. The van der Waals surface area contributed by atoms with Crippen molar-refractivity contribution in [2.24, 2.45) is 0 Å². The van der Waals surface area contributed by atoms with E-state index in [2.05, 4.69) is 5.10 Å². The molecule has 1 rings (SSSR count). The van der Waals surface area contributed by atoms with E-state index in [4.69, 9.17) is 5.26 Å². The van der Waals surface area contributed by atoms with Crippen molar-refractivity contribution in [2.75, 3.05) is 6.67 Å². The third-order valence-corrected chi connectivity index (χ3v) is 1.42. The van der Waals surface area contributed by atoms with Crippen LogP contribution in [0.25, 0.3) is 0 Å². The number of nitriles is 1. The zero-order valence-corrected chi connectivity index (χ0v) is 8.21. The molecule has 0 aliphatic heterocycles. The number of rotatable bonds is 2. The summed E-state index contributed by atoms with van der Waals surface area (Å²) >= 11 is 0. The largest absolute Gasteiger partial charge is 0.252 e. The molecule has 0 aliphatic rings. The van der Waals surface area contributed by atoms with E-state index < -0.39 is 6.67 Å². The predicted octanol–water partition coefficient (Wildman–Crippen LogP) is 2.06. The Hall–Kier alpha value is -1.37. The van der Waals surface area contributed by atoms with Crippen LogP contribution in [0.2, 0.25) is 0 Å². The van der Waals surface area contributed by atoms with Crippen LogP contribution in [0.15, 0.2) is 6.20 Å². The fraction of sp³-hybridized carbons (Fsp3) is 0.556. The topological polar surface area (TPSA) is 41.6 Å². The Morgan fingerprint density at radius 2 is 2.23 bits per heavy atom. The number of aromatic nitrogens is 2. The van der Waals surface area contributed by atoms with E-state index in [1.807, 2.05) is 19.9 Å². The molecule has 0 spiro atoms. The lowest BCUT2D eigenvalue weighted by atomic mass is 10.3. The minimum Gasteiger partial charge on any atom is -0.252 e. The Bertz CT molecular complexity index is 286. The summed E-state index contributed by atoms with van der Waals surface area (Å²) < 4.78 is 13.2. The van der Waals surface area contributed by atoms with Crippen LogP contribution in [-0.2, 0) is 6.54 Å². The number of aryl methyl sites for hydroxylation is 2. The summed E-state index contributed by atoms with van der Waals surface area (Å²) in [4.78, 5) is 0. The Balaban J connectivity index is 0.000000671. The molecule has 0 atom stereocenters. The molecule has 13 heavy (non-hydrogen) atoms. The Morgan fingerprint density at radius 3 is 2.69 bits per heavy atom. The van der Waals surface area contributed by atoms with Crippen molar-refractivity contribution in [3.05, 3.63) is 17.5 Å². The summed E-state index contributed by atoms with van der Waals surface area (Å²) in [5.41, 5.74) is 1.24. The lowest BCUT2D eigenvalue weighted by Gasteiger charge is -1.96. The van der Waals surface area contributed by atoms with E-state index in [0.717, 1.165) is 5.56 Å². The van der Waals surface area contributed by atoms with Gasteiger partial charge in [-0.1, -0.05) is 13.8 Å². The van der Waals surface area contributed by atoms with Gasteiger partial charge in [0.1, 0.15) is 18.4 Å². The maximum atomic E-state index is 11.8. The fourth-order valence-corrected chi connectivity index (χ4v) is 0.874. The van der Waals surface area contributed by atoms with Crippen LogP contribution in [-0.4, -0.2) is 16.5 Å². The molecule has 1 aromatic rings. The molecular weight excluding hydrogens is 169 g/mol. The standard InChI is InChI=1S/C7H8FN3.C2H6/c1-6-5-10-11(3-2-8)7(6)4-9;1-2/h5H,2-3H2,1H3;1-2H3. The van der Waals surface area contributed by atoms with Crippen LogP contribution in [0.3, 0.4) is 0 Å². The molecule has 0 bridgehead atoms. The summed E-state index contributed by atoms with van der Waals surface area (Å²) in [6.07, 6.45) is 1.56. The van der Waals surface area contributed by atoms with Gasteiger partial charge in [0.05, 0.1) is 12.7 Å². The van der Waals surface area contributed by atoms with Crippen LogP contribution in [0.4, 0.5) is 4.39 Å². The van der Waals surface area contributed by atoms with E-state index in [0.29, 0.717) is 5.69 Å². The van der Waals surface area contributed by atoms with Crippen LogP contribution >= 0.6 is 0 Å². The van der Waals surface area contributed by atoms with Gasteiger partial charge in [0.25, 0.3) is 0 Å². The molecule has 72 valence electrons. The van der Waals surface area contributed by atoms with Gasteiger partial charge in [0.15, 0.2) is 0 Å². The van der Waals surface area contributed by atoms with Crippen molar-refractivity contribution < 1.29 is 4.39 Å². The maximum absolute atomic E-state index is 11.8. The second kappa shape index (κ2) is 6.18. The third-order valence-electron chi connectivity index (χ3n) is 1.42. The first kappa shape index (κ1) is 11.6. The molecule has 0 fully saturated rings. The van der Waals surface area contributed by atoms with Crippen molar-refractivity contribution in [3.8, 4) is 6.07 Å². The van der Waals surface area contributed by atoms with Gasteiger partial charge >= 0.3 is 0 Å². The van der Waals surface area contributed by atoms with Crippen LogP contribution in [0.1, 0.15) is 25.1 Å². The Morgan fingerprint density at radius 1 is 1.62 bits per heavy atom. The smallest absolute Gasteiger partial charge is 0.141 e. The average Bonchev–Trinajstić information content (AvgIpc) is 2.51. The van der Waals surface area contributed by atoms with Gasteiger partial charge < -0.3 is 0 Å². The van der Waals surface area contributed by atoms with E-state index in [1.54, 1.807) is 13.1 Å². The van der Waals surface area contributed by atoms with Crippen molar-refractivity contribution in [3.63, 3.8) is 0 Å². The van der Waals surface area contributed by atoms with Gasteiger partial charge in [-0.15, -0.1) is 0 Å². The summed E-state index contributed by atoms with van der Waals surface area (Å²) in [5.74, 6) is 0. The number of nitrogens with zero attached hydrogens (tertiary/aromatic N) is 3. The van der Waals surface area contributed by atoms with Crippen molar-refractivity contribution in [2.45, 2.75) is 27.3 Å². The Kier molecular flexibility index (Phi) is 5.53. The SMILES string of the molecule is CC.Cc1cnn(CCF)c1C#N. The average molecular weight is 183 g/mol. The van der Waals surface area contributed by atoms with Crippen LogP contribution in [0, 0.1) is 18.3 Å². The first-order valence-corrected chi connectivity index (χ1v) is 4.28. The van der Waals surface area contributed by atoms with Crippen molar-refractivity contribution in [1.82, 2.24) is 9.78 Å². The minimum absolute atomic E-state index is 0.163. The number of halogens is 1. The molecule has 4 heteroatoms. The van der Waals surface area contributed by atoms with E-state index >= 15 is 0 Å². The first-order valence-electron chi connectivity index (χ1n) is 4.28. The summed E-state index contributed by atoms with van der Waals surface area (Å²) in [6, 6.07) is 1.96. The number of alkyl halides is 1. The summed E-state index contributed by atoms with van der Waals surface area (Å²) in [5, 5.41) is 12.4. The molecule has 0 aromatic carbocycles. The highest BCUT2D eigenvalue weighted by atomic mass is 19.1. The molecule has 0 N–H and O–H groups in total. The molecule has 0 saturated heterocycles. The Labute approximate surface area is 77.8 Å². The molecule has 0 radical (unpaired) electrons. The van der Waals surface area contributed by atoms with Gasteiger partial charge in [-0.25, -0.2) is 4.39 Å². The van der Waals surface area contributed by atoms with E-state index in [-0.39, 0.29) is 6.54 Å². The van der Waals surface area contributed by atoms with Gasteiger partial charge in [-0.3, -0.25) is 4.68 Å². The lowest BCUT2D eigenvalue weighted by Crippen LogP contribution is -2.04. The zero-order valence-electron chi connectivity index (χ0n) is 8.21. The molecule has 0 unspecified atom stereocenters. The van der Waals surface area contributed by atoms with E-state index in [1.165, 1.54) is 4.68 Å². The van der Waals surface area contributed by atoms with Crippen molar-refractivity contribution in [1.29, 1.82) is 5.26 Å². The predicted molar refractivity (Wildman–Crippen MR) is 49.0 cm³/mol. The first-order chi connectivity index (χ1) is 6.29. The number of hydrogen-bond donors (Lipinski definition) is 0. The molecule has 0 amide bonds. The molecule has 0 saturated carbocycles. The third kappa shape index (κ3) is 2.86. The fourth-order valence-electron chi connectivity index (χ4n) is 0.874. The summed E-state index contributed by atoms with van der Waals surface area (Å²) in [6.45, 7) is 5.45. The lowest BCUT2D eigenvalue weighted by molar-refractivity contribution is 0.425. The molecular formula is C9H14FN3. The second-order valence-electron chi connectivity index (χ2n) is 2.20. The van der Waals surface area contributed by atoms with Crippen molar-refractivity contribution >= 4 is 0 Å². The highest BCUT2D eigenvalue weighted by molar-refractivity contribution is 5.28. The van der Waals surface area contributed by atoms with Gasteiger partial charge in [-0.05, 0) is 6.92 Å². The van der Waals surface area contributed by atoms with Crippen LogP contribution in [0.5, 0.6) is 0 Å². The quantitative estimate of drug-likeness (QED) is 0.704. The number of hydrogen-bond acceptors (Lipinski definition) is 2. The van der Waals surface area contributed by atoms with Crippen LogP contribution < -0.4 is 0 Å². The molecule has 1 aromatic heterocycles. The van der Waals surface area contributed by atoms with E-state index in [9.17, 15) is 4.39 Å².